The van der Waals surface area contributed by atoms with E-state index < -0.39 is 6.04 Å². The number of amides is 2. The number of nitrogens with zero attached hydrogens (tertiary/aromatic N) is 5. The maximum atomic E-state index is 16.3. The van der Waals surface area contributed by atoms with Crippen LogP contribution in [0.3, 0.4) is 0 Å². The summed E-state index contributed by atoms with van der Waals surface area (Å²) < 4.78 is 16.3. The van der Waals surface area contributed by atoms with Gasteiger partial charge in [-0.15, -0.1) is 0 Å². The van der Waals surface area contributed by atoms with Crippen molar-refractivity contribution in [2.24, 2.45) is 5.92 Å². The zero-order valence-corrected chi connectivity index (χ0v) is 31.3. The van der Waals surface area contributed by atoms with Gasteiger partial charge in [0.1, 0.15) is 23.4 Å². The molecule has 9 rings (SSSR count). The summed E-state index contributed by atoms with van der Waals surface area (Å²) in [6.45, 7) is 10.8. The molecule has 9 nitrogen and oxygen atoms in total. The average molecular weight is 741 g/mol. The molecule has 0 radical (unpaired) electrons. The molecular weight excluding hydrogens is 692 g/mol. The summed E-state index contributed by atoms with van der Waals surface area (Å²) in [5, 5.41) is 13.0. The number of nitrogens with one attached hydrogen (secondary N) is 1. The summed E-state index contributed by atoms with van der Waals surface area (Å²) in [6, 6.07) is 25.2. The van der Waals surface area contributed by atoms with Gasteiger partial charge in [0.15, 0.2) is 0 Å². The predicted molar refractivity (Wildman–Crippen MR) is 212 cm³/mol. The first kappa shape index (κ1) is 35.5. The van der Waals surface area contributed by atoms with Crippen molar-refractivity contribution in [3.05, 3.63) is 130 Å². The number of carbonyl (C=O) groups excluding carboxylic acids is 2. The Morgan fingerprint density at radius 1 is 0.818 bits per heavy atom. The van der Waals surface area contributed by atoms with Crippen molar-refractivity contribution in [1.82, 2.24) is 20.1 Å². The van der Waals surface area contributed by atoms with Gasteiger partial charge in [0.25, 0.3) is 5.91 Å². The highest BCUT2D eigenvalue weighted by Crippen LogP contribution is 2.48. The van der Waals surface area contributed by atoms with E-state index in [0.29, 0.717) is 36.6 Å². The molecule has 4 aromatic rings. The number of benzene rings is 3. The zero-order chi connectivity index (χ0) is 37.6. The molecule has 3 aromatic carbocycles. The minimum Gasteiger partial charge on any atom is -0.508 e. The molecule has 2 amide bonds. The smallest absolute Gasteiger partial charge is 0.256 e. The van der Waals surface area contributed by atoms with Gasteiger partial charge in [-0.3, -0.25) is 14.5 Å². The minimum atomic E-state index is -0.483. The number of aromatic hydroxyl groups is 1. The largest absolute Gasteiger partial charge is 0.508 e. The first-order valence-corrected chi connectivity index (χ1v) is 20.0. The number of phenolic OH excluding ortho intramolecular Hbond substituents is 1. The SMILES string of the molecule is C=C1CCC(N2Cc3nc(N4CCN(CC5CCN(c6ccc([C@@H]7c8ccc(O)cc8CC[C@@H]7c7ccccc7)c(F)c6)CC5)CC4)ccc3C2=O)C(=O)N1. The third-order valence-electron chi connectivity index (χ3n) is 12.8. The van der Waals surface area contributed by atoms with E-state index in [2.05, 4.69) is 56.9 Å². The van der Waals surface area contributed by atoms with Gasteiger partial charge in [-0.05, 0) is 109 Å². The number of aryl methyl sites for hydroxylation is 1. The van der Waals surface area contributed by atoms with Crippen molar-refractivity contribution >= 4 is 23.3 Å². The predicted octanol–water partition coefficient (Wildman–Crippen LogP) is 6.57. The van der Waals surface area contributed by atoms with Crippen molar-refractivity contribution in [2.45, 2.75) is 62.9 Å². The van der Waals surface area contributed by atoms with E-state index in [9.17, 15) is 14.7 Å². The molecule has 3 fully saturated rings. The number of fused-ring (bicyclic) bond motifs is 2. The molecule has 1 aliphatic carbocycles. The fourth-order valence-electron chi connectivity index (χ4n) is 9.79. The third-order valence-corrected chi connectivity index (χ3v) is 12.8. The first-order valence-electron chi connectivity index (χ1n) is 20.0. The van der Waals surface area contributed by atoms with Crippen molar-refractivity contribution in [1.29, 1.82) is 0 Å². The number of aromatic nitrogens is 1. The van der Waals surface area contributed by atoms with Gasteiger partial charge in [0, 0.05) is 63.1 Å². The lowest BCUT2D eigenvalue weighted by molar-refractivity contribution is -0.126. The summed E-state index contributed by atoms with van der Waals surface area (Å²) in [5.41, 5.74) is 7.16. The number of piperazine rings is 1. The molecule has 10 heteroatoms. The highest BCUT2D eigenvalue weighted by atomic mass is 19.1. The summed E-state index contributed by atoms with van der Waals surface area (Å²) in [7, 11) is 0. The molecule has 0 spiro atoms. The molecule has 5 aliphatic rings. The first-order chi connectivity index (χ1) is 26.8. The van der Waals surface area contributed by atoms with Crippen LogP contribution < -0.4 is 15.1 Å². The van der Waals surface area contributed by atoms with Crippen LogP contribution in [0.15, 0.2) is 91.1 Å². The second kappa shape index (κ2) is 14.8. The normalized spacial score (nSPS) is 23.5. The maximum Gasteiger partial charge on any atom is 0.256 e. The minimum absolute atomic E-state index is 0.113. The standard InChI is InChI=1S/C45H49FN6O3/c1-29-7-15-41(44(54)47-29)52-28-40-38(45(52)55)14-16-42(48-40)51-23-21-49(22-24-51)27-30-17-19-50(20-18-30)33-9-12-37(39(46)26-33)43-35(31-5-3-2-4-6-31)11-8-32-25-34(53)10-13-36(32)43/h2-6,9-10,12-14,16,25-26,30,35,41,43,53H,1,7-8,11,15,17-24,27-28H2,(H,47,54)/t35-,41?,43+/m1/s1. The van der Waals surface area contributed by atoms with Crippen molar-refractivity contribution in [3.8, 4) is 5.75 Å². The van der Waals surface area contributed by atoms with Crippen LogP contribution in [0.2, 0.25) is 0 Å². The van der Waals surface area contributed by atoms with E-state index in [1.165, 1.54) is 5.56 Å². The molecule has 1 aromatic heterocycles. The van der Waals surface area contributed by atoms with E-state index in [4.69, 9.17) is 4.98 Å². The average Bonchev–Trinajstić information content (AvgIpc) is 3.53. The second-order valence-corrected chi connectivity index (χ2v) is 16.1. The van der Waals surface area contributed by atoms with Crippen LogP contribution in [-0.2, 0) is 17.8 Å². The van der Waals surface area contributed by atoms with E-state index in [0.717, 1.165) is 105 Å². The molecule has 284 valence electrons. The fourth-order valence-corrected chi connectivity index (χ4v) is 9.79. The summed E-state index contributed by atoms with van der Waals surface area (Å²) >= 11 is 0. The number of carbonyl (C=O) groups is 2. The van der Waals surface area contributed by atoms with Gasteiger partial charge in [-0.2, -0.15) is 0 Å². The Morgan fingerprint density at radius 2 is 1.60 bits per heavy atom. The van der Waals surface area contributed by atoms with Gasteiger partial charge in [0.05, 0.1) is 17.8 Å². The van der Waals surface area contributed by atoms with Crippen LogP contribution in [0.25, 0.3) is 0 Å². The number of rotatable bonds is 7. The summed E-state index contributed by atoms with van der Waals surface area (Å²) in [4.78, 5) is 39.5. The topological polar surface area (TPSA) is 92.3 Å². The third kappa shape index (κ3) is 6.97. The number of anilines is 2. The maximum absolute atomic E-state index is 16.3. The molecule has 1 unspecified atom stereocenters. The van der Waals surface area contributed by atoms with Crippen LogP contribution in [-0.4, -0.2) is 83.6 Å². The number of hydrogen-bond acceptors (Lipinski definition) is 7. The monoisotopic (exact) mass is 740 g/mol. The van der Waals surface area contributed by atoms with Crippen molar-refractivity contribution in [3.63, 3.8) is 0 Å². The van der Waals surface area contributed by atoms with E-state index in [-0.39, 0.29) is 35.2 Å². The van der Waals surface area contributed by atoms with Crippen LogP contribution in [0.1, 0.15) is 82.2 Å². The molecule has 2 N–H and O–H groups in total. The number of pyridine rings is 1. The molecule has 55 heavy (non-hydrogen) atoms. The van der Waals surface area contributed by atoms with E-state index in [1.807, 2.05) is 36.4 Å². The van der Waals surface area contributed by atoms with Crippen LogP contribution in [0, 0.1) is 11.7 Å². The Bertz CT molecular complexity index is 2110. The van der Waals surface area contributed by atoms with Gasteiger partial charge in [-0.1, -0.05) is 49.0 Å². The molecule has 3 saturated heterocycles. The zero-order valence-electron chi connectivity index (χ0n) is 31.3. The Balaban J connectivity index is 0.794. The fraction of sp³-hybridized carbons (Fsp3) is 0.400. The number of halogens is 1. The van der Waals surface area contributed by atoms with Gasteiger partial charge >= 0.3 is 0 Å². The number of phenols is 1. The lowest BCUT2D eigenvalue weighted by Gasteiger charge is -2.40. The second-order valence-electron chi connectivity index (χ2n) is 16.1. The highest BCUT2D eigenvalue weighted by molar-refractivity contribution is 6.01. The Labute approximate surface area is 322 Å². The van der Waals surface area contributed by atoms with E-state index in [1.54, 1.807) is 17.0 Å². The molecular formula is C45H49FN6O3. The number of hydrogen-bond donors (Lipinski definition) is 2. The molecule has 3 atom stereocenters. The Hall–Kier alpha value is -5.22. The molecule has 5 heterocycles. The molecule has 0 bridgehead atoms. The van der Waals surface area contributed by atoms with Crippen molar-refractivity contribution in [2.75, 3.05) is 55.6 Å². The molecule has 4 aliphatic heterocycles. The highest BCUT2D eigenvalue weighted by Gasteiger charge is 2.39. The van der Waals surface area contributed by atoms with Gasteiger partial charge < -0.3 is 25.1 Å². The quantitative estimate of drug-likeness (QED) is 0.222. The van der Waals surface area contributed by atoms with Crippen molar-refractivity contribution < 1.29 is 19.1 Å². The van der Waals surface area contributed by atoms with Gasteiger partial charge in [0.2, 0.25) is 5.91 Å². The Morgan fingerprint density at radius 3 is 2.36 bits per heavy atom. The van der Waals surface area contributed by atoms with Crippen LogP contribution in [0.5, 0.6) is 5.75 Å². The summed E-state index contributed by atoms with van der Waals surface area (Å²) in [6.07, 6.45) is 5.17. The van der Waals surface area contributed by atoms with Gasteiger partial charge in [-0.25, -0.2) is 9.37 Å². The number of piperidine rings is 2. The van der Waals surface area contributed by atoms with Crippen LogP contribution >= 0.6 is 0 Å². The lowest BCUT2D eigenvalue weighted by Crippen LogP contribution is -2.49. The number of allylic oxidation sites excluding steroid dienone is 1. The lowest BCUT2D eigenvalue weighted by atomic mass is 9.69. The Kier molecular flexibility index (Phi) is 9.54. The van der Waals surface area contributed by atoms with Crippen LogP contribution in [0.4, 0.5) is 15.9 Å². The molecule has 0 saturated carbocycles. The van der Waals surface area contributed by atoms with E-state index >= 15 is 4.39 Å². The summed E-state index contributed by atoms with van der Waals surface area (Å²) in [5.74, 6) is 1.36.